The quantitative estimate of drug-likeness (QED) is 0.379. The van der Waals surface area contributed by atoms with Gasteiger partial charge in [-0.05, 0) is 53.9 Å². The zero-order valence-corrected chi connectivity index (χ0v) is 21.7. The highest BCUT2D eigenvalue weighted by molar-refractivity contribution is 9.10. The Morgan fingerprint density at radius 1 is 0.970 bits per heavy atom. The number of aryl methyl sites for hydroxylation is 1. The molecule has 0 aliphatic rings. The number of nitrogens with zero attached hydrogens (tertiary/aromatic N) is 1. The third kappa shape index (κ3) is 7.17. The van der Waals surface area contributed by atoms with E-state index in [1.807, 2.05) is 79.7 Å². The Balaban J connectivity index is 1.87. The summed E-state index contributed by atoms with van der Waals surface area (Å²) < 4.78 is 7.69. The van der Waals surface area contributed by atoms with E-state index in [0.717, 1.165) is 25.6 Å². The number of nitrogens with one attached hydrogen (secondary N) is 1. The average Bonchev–Trinajstić information content (AvgIpc) is 2.82. The maximum Gasteiger partial charge on any atom is 0.261 e. The topological polar surface area (TPSA) is 58.6 Å². The largest absolute Gasteiger partial charge is 0.484 e. The van der Waals surface area contributed by atoms with Crippen LogP contribution in [0.15, 0.2) is 81.7 Å². The van der Waals surface area contributed by atoms with E-state index in [1.165, 1.54) is 0 Å². The molecule has 0 unspecified atom stereocenters. The summed E-state index contributed by atoms with van der Waals surface area (Å²) in [4.78, 5) is 27.9. The van der Waals surface area contributed by atoms with Gasteiger partial charge in [-0.25, -0.2) is 0 Å². The third-order valence-electron chi connectivity index (χ3n) is 5.25. The van der Waals surface area contributed by atoms with E-state index >= 15 is 0 Å². The number of hydrogen-bond donors (Lipinski definition) is 1. The van der Waals surface area contributed by atoms with E-state index in [1.54, 1.807) is 11.9 Å². The first kappa shape index (κ1) is 25.0. The van der Waals surface area contributed by atoms with Gasteiger partial charge in [-0.15, -0.1) is 0 Å². The molecule has 0 aromatic heterocycles. The molecule has 0 aliphatic heterocycles. The highest BCUT2D eigenvalue weighted by Gasteiger charge is 2.30. The van der Waals surface area contributed by atoms with Crippen molar-refractivity contribution in [3.8, 4) is 5.75 Å². The number of amides is 2. The van der Waals surface area contributed by atoms with Gasteiger partial charge in [-0.2, -0.15) is 0 Å². The minimum atomic E-state index is -0.681. The summed E-state index contributed by atoms with van der Waals surface area (Å²) in [5, 5.41) is 2.72. The Labute approximate surface area is 211 Å². The van der Waals surface area contributed by atoms with Crippen LogP contribution in [0.1, 0.15) is 16.7 Å². The minimum Gasteiger partial charge on any atom is -0.484 e. The van der Waals surface area contributed by atoms with Crippen molar-refractivity contribution in [1.82, 2.24) is 10.2 Å². The summed E-state index contributed by atoms with van der Waals surface area (Å²) in [6, 6.07) is 22.3. The number of rotatable bonds is 9. The molecule has 33 heavy (non-hydrogen) atoms. The monoisotopic (exact) mass is 572 g/mol. The van der Waals surface area contributed by atoms with Gasteiger partial charge in [0.2, 0.25) is 5.91 Å². The first-order valence-electron chi connectivity index (χ1n) is 10.6. The molecule has 2 amide bonds. The number of benzene rings is 3. The molecule has 1 atom stereocenters. The van der Waals surface area contributed by atoms with E-state index in [9.17, 15) is 9.59 Å². The van der Waals surface area contributed by atoms with Gasteiger partial charge >= 0.3 is 0 Å². The Morgan fingerprint density at radius 2 is 1.70 bits per heavy atom. The number of carbonyl (C=O) groups excluding carboxylic acids is 2. The van der Waals surface area contributed by atoms with Crippen LogP contribution in [0.2, 0.25) is 0 Å². The number of hydrogen-bond acceptors (Lipinski definition) is 3. The molecule has 0 radical (unpaired) electrons. The highest BCUT2D eigenvalue weighted by atomic mass is 79.9. The lowest BCUT2D eigenvalue weighted by Crippen LogP contribution is -2.51. The van der Waals surface area contributed by atoms with Gasteiger partial charge in [0.15, 0.2) is 6.61 Å². The highest BCUT2D eigenvalue weighted by Crippen LogP contribution is 2.22. The van der Waals surface area contributed by atoms with Crippen molar-refractivity contribution >= 4 is 43.7 Å². The Morgan fingerprint density at radius 3 is 2.36 bits per heavy atom. The smallest absolute Gasteiger partial charge is 0.261 e. The Kier molecular flexibility index (Phi) is 9.09. The summed E-state index contributed by atoms with van der Waals surface area (Å²) in [7, 11) is 1.59. The van der Waals surface area contributed by atoms with Gasteiger partial charge in [0.05, 0.1) is 0 Å². The summed E-state index contributed by atoms with van der Waals surface area (Å²) in [5.74, 6) is 0.118. The van der Waals surface area contributed by atoms with Crippen LogP contribution in [-0.2, 0) is 22.6 Å². The normalized spacial score (nSPS) is 11.5. The molecule has 5 nitrogen and oxygen atoms in total. The number of carbonyl (C=O) groups is 2. The van der Waals surface area contributed by atoms with Crippen molar-refractivity contribution in [2.45, 2.75) is 25.9 Å². The Hall–Kier alpha value is -2.64. The molecular weight excluding hydrogens is 548 g/mol. The molecule has 0 bridgehead atoms. The fourth-order valence-electron chi connectivity index (χ4n) is 3.49. The summed E-state index contributed by atoms with van der Waals surface area (Å²) >= 11 is 6.96. The maximum atomic E-state index is 13.4. The maximum absolute atomic E-state index is 13.4. The van der Waals surface area contributed by atoms with Gasteiger partial charge in [0.1, 0.15) is 11.8 Å². The summed E-state index contributed by atoms with van der Waals surface area (Å²) in [5.41, 5.74) is 2.90. The first-order valence-corrected chi connectivity index (χ1v) is 12.1. The second-order valence-corrected chi connectivity index (χ2v) is 9.44. The van der Waals surface area contributed by atoms with Gasteiger partial charge in [0.25, 0.3) is 5.91 Å². The van der Waals surface area contributed by atoms with Gasteiger partial charge < -0.3 is 15.0 Å². The van der Waals surface area contributed by atoms with Crippen molar-refractivity contribution in [1.29, 1.82) is 0 Å². The molecule has 3 aromatic carbocycles. The van der Waals surface area contributed by atoms with Gasteiger partial charge in [-0.1, -0.05) is 74.3 Å². The fraction of sp³-hybridized carbons (Fsp3) is 0.231. The zero-order valence-electron chi connectivity index (χ0n) is 18.6. The lowest BCUT2D eigenvalue weighted by molar-refractivity contribution is -0.142. The SMILES string of the molecule is CNC(=O)[C@H](Cc1ccccc1)N(Cc1cccc(Br)c1)C(=O)COc1ccc(Br)c(C)c1. The molecule has 7 heteroatoms. The predicted molar refractivity (Wildman–Crippen MR) is 137 cm³/mol. The van der Waals surface area contributed by atoms with E-state index in [4.69, 9.17) is 4.74 Å². The van der Waals surface area contributed by atoms with Crippen LogP contribution in [0, 0.1) is 6.92 Å². The average molecular weight is 574 g/mol. The van der Waals surface area contributed by atoms with Crippen LogP contribution in [-0.4, -0.2) is 36.4 Å². The van der Waals surface area contributed by atoms with Crippen molar-refractivity contribution < 1.29 is 14.3 Å². The van der Waals surface area contributed by atoms with E-state index in [2.05, 4.69) is 37.2 Å². The molecule has 0 heterocycles. The first-order chi connectivity index (χ1) is 15.9. The fourth-order valence-corrected chi connectivity index (χ4v) is 4.18. The zero-order chi connectivity index (χ0) is 23.8. The molecule has 0 spiro atoms. The van der Waals surface area contributed by atoms with Crippen LogP contribution in [0.3, 0.4) is 0 Å². The van der Waals surface area contributed by atoms with E-state index in [0.29, 0.717) is 12.2 Å². The molecule has 0 aliphatic carbocycles. The van der Waals surface area contributed by atoms with Crippen LogP contribution < -0.4 is 10.1 Å². The van der Waals surface area contributed by atoms with Crippen molar-refractivity contribution in [3.63, 3.8) is 0 Å². The van der Waals surface area contributed by atoms with Crippen molar-refractivity contribution in [2.75, 3.05) is 13.7 Å². The van der Waals surface area contributed by atoms with Crippen LogP contribution in [0.5, 0.6) is 5.75 Å². The lowest BCUT2D eigenvalue weighted by Gasteiger charge is -2.31. The molecule has 0 saturated carbocycles. The molecular formula is C26H26Br2N2O3. The van der Waals surface area contributed by atoms with Crippen molar-refractivity contribution in [2.24, 2.45) is 0 Å². The van der Waals surface area contributed by atoms with Gasteiger partial charge in [-0.3, -0.25) is 9.59 Å². The molecule has 0 fully saturated rings. The lowest BCUT2D eigenvalue weighted by atomic mass is 10.0. The number of likely N-dealkylation sites (N-methyl/N-ethyl adjacent to an activating group) is 1. The summed E-state index contributed by atoms with van der Waals surface area (Å²) in [6.45, 7) is 2.07. The predicted octanol–water partition coefficient (Wildman–Crippen LogP) is 5.28. The second kappa shape index (κ2) is 12.0. The third-order valence-corrected chi connectivity index (χ3v) is 6.63. The summed E-state index contributed by atoms with van der Waals surface area (Å²) in [6.07, 6.45) is 0.400. The van der Waals surface area contributed by atoms with Crippen LogP contribution in [0.25, 0.3) is 0 Å². The molecule has 172 valence electrons. The molecule has 3 rings (SSSR count). The van der Waals surface area contributed by atoms with E-state index in [-0.39, 0.29) is 25.0 Å². The molecule has 0 saturated heterocycles. The van der Waals surface area contributed by atoms with Gasteiger partial charge in [0, 0.05) is 29.0 Å². The Bertz CT molecular complexity index is 1110. The molecule has 1 N–H and O–H groups in total. The van der Waals surface area contributed by atoms with E-state index < -0.39 is 6.04 Å². The standard InChI is InChI=1S/C26H26Br2N2O3/c1-18-13-22(11-12-23(18)28)33-17-25(31)30(16-20-9-6-10-21(27)14-20)24(26(32)29-2)15-19-7-4-3-5-8-19/h3-14,24H,15-17H2,1-2H3,(H,29,32)/t24-/m0/s1. The van der Waals surface area contributed by atoms with Crippen LogP contribution in [0.4, 0.5) is 0 Å². The van der Waals surface area contributed by atoms with Crippen LogP contribution >= 0.6 is 31.9 Å². The number of ether oxygens (including phenoxy) is 1. The molecule has 3 aromatic rings. The number of halogens is 2. The van der Waals surface area contributed by atoms with Crippen molar-refractivity contribution in [3.05, 3.63) is 98.4 Å². The minimum absolute atomic E-state index is 0.169. The second-order valence-electron chi connectivity index (χ2n) is 7.67.